The van der Waals surface area contributed by atoms with Gasteiger partial charge in [0.25, 0.3) is 0 Å². The Balaban J connectivity index is 1.79. The number of aromatic nitrogens is 3. The summed E-state index contributed by atoms with van der Waals surface area (Å²) in [6.07, 6.45) is 3.06. The second-order valence-electron chi connectivity index (χ2n) is 4.56. The molecule has 1 aromatic heterocycles. The van der Waals surface area contributed by atoms with E-state index in [9.17, 15) is 0 Å². The molecule has 0 amide bonds. The SMILES string of the molecule is CCNCC1CCN(Cc2nncn2C)C1. The number of hydrogen-bond donors (Lipinski definition) is 1. The highest BCUT2D eigenvalue weighted by molar-refractivity contribution is 4.87. The van der Waals surface area contributed by atoms with E-state index < -0.39 is 0 Å². The van der Waals surface area contributed by atoms with Crippen LogP contribution in [0.15, 0.2) is 6.33 Å². The van der Waals surface area contributed by atoms with Gasteiger partial charge in [0.1, 0.15) is 12.2 Å². The van der Waals surface area contributed by atoms with Gasteiger partial charge >= 0.3 is 0 Å². The predicted molar refractivity (Wildman–Crippen MR) is 62.9 cm³/mol. The van der Waals surface area contributed by atoms with Crippen LogP contribution in [-0.2, 0) is 13.6 Å². The third kappa shape index (κ3) is 2.80. The van der Waals surface area contributed by atoms with E-state index in [0.29, 0.717) is 0 Å². The molecule has 0 saturated carbocycles. The van der Waals surface area contributed by atoms with Gasteiger partial charge in [0, 0.05) is 13.6 Å². The summed E-state index contributed by atoms with van der Waals surface area (Å²) in [5, 5.41) is 11.4. The Morgan fingerprint density at radius 1 is 1.56 bits per heavy atom. The van der Waals surface area contributed by atoms with Crippen LogP contribution in [0.4, 0.5) is 0 Å². The summed E-state index contributed by atoms with van der Waals surface area (Å²) in [5.74, 6) is 1.86. The molecule has 0 aliphatic carbocycles. The third-order valence-corrected chi connectivity index (χ3v) is 3.22. The lowest BCUT2D eigenvalue weighted by molar-refractivity contribution is 0.303. The van der Waals surface area contributed by atoms with Gasteiger partial charge in [0.2, 0.25) is 0 Å². The molecule has 0 spiro atoms. The van der Waals surface area contributed by atoms with Gasteiger partial charge in [-0.3, -0.25) is 4.90 Å². The van der Waals surface area contributed by atoms with Crippen LogP contribution in [-0.4, -0.2) is 45.8 Å². The average molecular weight is 223 g/mol. The number of nitrogens with zero attached hydrogens (tertiary/aromatic N) is 4. The fourth-order valence-corrected chi connectivity index (χ4v) is 2.22. The summed E-state index contributed by atoms with van der Waals surface area (Å²) in [6.45, 7) is 7.67. The van der Waals surface area contributed by atoms with Gasteiger partial charge in [-0.15, -0.1) is 10.2 Å². The molecular weight excluding hydrogens is 202 g/mol. The van der Waals surface area contributed by atoms with Crippen LogP contribution >= 0.6 is 0 Å². The zero-order chi connectivity index (χ0) is 11.4. The minimum Gasteiger partial charge on any atom is -0.320 e. The largest absolute Gasteiger partial charge is 0.320 e. The first-order chi connectivity index (χ1) is 7.79. The third-order valence-electron chi connectivity index (χ3n) is 3.22. The lowest BCUT2D eigenvalue weighted by atomic mass is 10.1. The van der Waals surface area contributed by atoms with Crippen molar-refractivity contribution in [2.75, 3.05) is 26.2 Å². The van der Waals surface area contributed by atoms with Gasteiger partial charge < -0.3 is 9.88 Å². The van der Waals surface area contributed by atoms with E-state index in [4.69, 9.17) is 0 Å². The molecule has 1 aliphatic heterocycles. The minimum absolute atomic E-state index is 0.799. The van der Waals surface area contributed by atoms with Crippen molar-refractivity contribution < 1.29 is 0 Å². The fourth-order valence-electron chi connectivity index (χ4n) is 2.22. The molecule has 1 atom stereocenters. The molecule has 1 N–H and O–H groups in total. The summed E-state index contributed by atoms with van der Waals surface area (Å²) in [5.41, 5.74) is 0. The molecule has 2 heterocycles. The van der Waals surface area contributed by atoms with Gasteiger partial charge in [0.05, 0.1) is 6.54 Å². The summed E-state index contributed by atoms with van der Waals surface area (Å²) in [7, 11) is 2.00. The molecular formula is C11H21N5. The number of aryl methyl sites for hydroxylation is 1. The highest BCUT2D eigenvalue weighted by Gasteiger charge is 2.22. The Bertz CT molecular complexity index is 322. The van der Waals surface area contributed by atoms with Crippen molar-refractivity contribution in [1.82, 2.24) is 25.0 Å². The molecule has 1 aliphatic rings. The maximum atomic E-state index is 4.12. The Kier molecular flexibility index (Phi) is 3.90. The molecule has 2 rings (SSSR count). The number of nitrogens with one attached hydrogen (secondary N) is 1. The Morgan fingerprint density at radius 2 is 2.44 bits per heavy atom. The molecule has 0 aromatic carbocycles. The first kappa shape index (κ1) is 11.5. The van der Waals surface area contributed by atoms with Gasteiger partial charge in [-0.05, 0) is 32.0 Å². The normalized spacial score (nSPS) is 21.8. The zero-order valence-electron chi connectivity index (χ0n) is 10.2. The number of hydrogen-bond acceptors (Lipinski definition) is 4. The van der Waals surface area contributed by atoms with Crippen molar-refractivity contribution in [3.05, 3.63) is 12.2 Å². The highest BCUT2D eigenvalue weighted by Crippen LogP contribution is 2.16. The van der Waals surface area contributed by atoms with E-state index in [1.54, 1.807) is 6.33 Å². The second-order valence-corrected chi connectivity index (χ2v) is 4.56. The first-order valence-corrected chi connectivity index (χ1v) is 6.05. The molecule has 5 nitrogen and oxygen atoms in total. The van der Waals surface area contributed by atoms with Crippen molar-refractivity contribution in [3.63, 3.8) is 0 Å². The topological polar surface area (TPSA) is 46.0 Å². The van der Waals surface area contributed by atoms with Crippen LogP contribution in [0.2, 0.25) is 0 Å². The van der Waals surface area contributed by atoms with Crippen molar-refractivity contribution >= 4 is 0 Å². The van der Waals surface area contributed by atoms with Crippen LogP contribution in [0.5, 0.6) is 0 Å². The van der Waals surface area contributed by atoms with Gasteiger partial charge in [0.15, 0.2) is 0 Å². The van der Waals surface area contributed by atoms with Crippen LogP contribution < -0.4 is 5.32 Å². The minimum atomic E-state index is 0.799. The van der Waals surface area contributed by atoms with E-state index >= 15 is 0 Å². The van der Waals surface area contributed by atoms with E-state index in [0.717, 1.165) is 31.4 Å². The van der Waals surface area contributed by atoms with Crippen LogP contribution in [0.25, 0.3) is 0 Å². The average Bonchev–Trinajstić information content (AvgIpc) is 2.87. The Morgan fingerprint density at radius 3 is 3.12 bits per heavy atom. The molecule has 1 saturated heterocycles. The standard InChI is InChI=1S/C11H21N5/c1-3-12-6-10-4-5-16(7-10)8-11-14-13-9-15(11)2/h9-10,12H,3-8H2,1-2H3. The number of rotatable bonds is 5. The zero-order valence-corrected chi connectivity index (χ0v) is 10.2. The van der Waals surface area contributed by atoms with Gasteiger partial charge in [-0.2, -0.15) is 0 Å². The van der Waals surface area contributed by atoms with Crippen molar-refractivity contribution in [3.8, 4) is 0 Å². The molecule has 90 valence electrons. The predicted octanol–water partition coefficient (Wildman–Crippen LogP) is 0.246. The molecule has 0 radical (unpaired) electrons. The lowest BCUT2D eigenvalue weighted by Gasteiger charge is -2.15. The summed E-state index contributed by atoms with van der Waals surface area (Å²) >= 11 is 0. The van der Waals surface area contributed by atoms with Crippen molar-refractivity contribution in [2.24, 2.45) is 13.0 Å². The molecule has 5 heteroatoms. The molecule has 1 fully saturated rings. The maximum absolute atomic E-state index is 4.12. The van der Waals surface area contributed by atoms with Crippen LogP contribution in [0.3, 0.4) is 0 Å². The fraction of sp³-hybridized carbons (Fsp3) is 0.818. The molecule has 0 bridgehead atoms. The molecule has 16 heavy (non-hydrogen) atoms. The quantitative estimate of drug-likeness (QED) is 0.777. The molecule has 1 unspecified atom stereocenters. The smallest absolute Gasteiger partial charge is 0.146 e. The monoisotopic (exact) mass is 223 g/mol. The lowest BCUT2D eigenvalue weighted by Crippen LogP contribution is -2.26. The van der Waals surface area contributed by atoms with E-state index in [-0.39, 0.29) is 0 Å². The van der Waals surface area contributed by atoms with Gasteiger partial charge in [-0.1, -0.05) is 6.92 Å². The second kappa shape index (κ2) is 5.41. The van der Waals surface area contributed by atoms with Crippen LogP contribution in [0.1, 0.15) is 19.2 Å². The summed E-state index contributed by atoms with van der Waals surface area (Å²) < 4.78 is 2.00. The summed E-state index contributed by atoms with van der Waals surface area (Å²) in [4.78, 5) is 2.46. The van der Waals surface area contributed by atoms with Crippen molar-refractivity contribution in [2.45, 2.75) is 19.9 Å². The van der Waals surface area contributed by atoms with Crippen molar-refractivity contribution in [1.29, 1.82) is 0 Å². The highest BCUT2D eigenvalue weighted by atomic mass is 15.3. The maximum Gasteiger partial charge on any atom is 0.146 e. The van der Waals surface area contributed by atoms with E-state index in [1.807, 2.05) is 11.6 Å². The van der Waals surface area contributed by atoms with E-state index in [1.165, 1.54) is 19.5 Å². The van der Waals surface area contributed by atoms with E-state index in [2.05, 4.69) is 27.3 Å². The van der Waals surface area contributed by atoms with Gasteiger partial charge in [-0.25, -0.2) is 0 Å². The number of likely N-dealkylation sites (tertiary alicyclic amines) is 1. The van der Waals surface area contributed by atoms with Crippen LogP contribution in [0, 0.1) is 5.92 Å². The Labute approximate surface area is 96.8 Å². The Hall–Kier alpha value is -0.940. The summed E-state index contributed by atoms with van der Waals surface area (Å²) in [6, 6.07) is 0. The first-order valence-electron chi connectivity index (χ1n) is 6.05. The molecule has 1 aromatic rings.